The van der Waals surface area contributed by atoms with Crippen molar-refractivity contribution in [1.82, 2.24) is 14.7 Å². The van der Waals surface area contributed by atoms with Crippen LogP contribution in [0.3, 0.4) is 0 Å². The zero-order chi connectivity index (χ0) is 15.3. The Bertz CT molecular complexity index is 714. The molecule has 4 rings (SSSR count). The van der Waals surface area contributed by atoms with E-state index in [9.17, 15) is 13.2 Å². The Balaban J connectivity index is 1.54. The predicted molar refractivity (Wildman–Crippen MR) is 79.6 cm³/mol. The third-order valence-electron chi connectivity index (χ3n) is 5.26. The average Bonchev–Trinajstić information content (AvgIpc) is 3.13. The molecule has 3 atom stereocenters. The van der Waals surface area contributed by atoms with E-state index >= 15 is 0 Å². The Kier molecular flexibility index (Phi) is 3.21. The first-order chi connectivity index (χ1) is 10.5. The van der Waals surface area contributed by atoms with Crippen LogP contribution < -0.4 is 4.72 Å². The van der Waals surface area contributed by atoms with Crippen LogP contribution in [0.4, 0.5) is 0 Å². The van der Waals surface area contributed by atoms with E-state index in [1.165, 1.54) is 12.5 Å². The van der Waals surface area contributed by atoms with Crippen LogP contribution in [0.1, 0.15) is 60.5 Å². The molecule has 0 aromatic carbocycles. The first kappa shape index (κ1) is 14.1. The molecule has 22 heavy (non-hydrogen) atoms. The number of rotatable bonds is 4. The van der Waals surface area contributed by atoms with E-state index < -0.39 is 21.2 Å². The van der Waals surface area contributed by atoms with Crippen molar-refractivity contribution in [1.29, 1.82) is 0 Å². The minimum atomic E-state index is -3.62. The van der Waals surface area contributed by atoms with Crippen molar-refractivity contribution in [2.75, 3.05) is 0 Å². The molecule has 118 valence electrons. The molecule has 6 nitrogen and oxygen atoms in total. The van der Waals surface area contributed by atoms with Gasteiger partial charge in [0.05, 0.1) is 16.5 Å². The average molecular weight is 321 g/mol. The van der Waals surface area contributed by atoms with Crippen LogP contribution in [0.5, 0.6) is 0 Å². The lowest BCUT2D eigenvalue weighted by Crippen LogP contribution is -2.41. The lowest BCUT2D eigenvalue weighted by Gasteiger charge is -2.22. The maximum Gasteiger partial charge on any atom is 0.268 e. The third-order valence-corrected chi connectivity index (χ3v) is 7.10. The summed E-state index contributed by atoms with van der Waals surface area (Å²) in [5.41, 5.74) is 0.979. The molecule has 1 amide bonds. The molecule has 0 saturated heterocycles. The fraction of sp³-hybridized carbons (Fsp3) is 0.667. The van der Waals surface area contributed by atoms with Crippen molar-refractivity contribution in [3.63, 3.8) is 0 Å². The molecule has 3 fully saturated rings. The summed E-state index contributed by atoms with van der Waals surface area (Å²) in [5.74, 6) is 0.424. The van der Waals surface area contributed by atoms with Gasteiger partial charge in [0.2, 0.25) is 10.0 Å². The maximum absolute atomic E-state index is 12.5. The fourth-order valence-electron chi connectivity index (χ4n) is 4.02. The molecular formula is C15H19N3O3S. The molecule has 7 heteroatoms. The summed E-state index contributed by atoms with van der Waals surface area (Å²) in [6.07, 6.45) is 8.60. The summed E-state index contributed by atoms with van der Waals surface area (Å²) in [4.78, 5) is 20.4. The lowest BCUT2D eigenvalue weighted by atomic mass is 10.0. The molecule has 1 unspecified atom stereocenters. The number of carbonyl (C=O) groups excluding carboxylic acids is 1. The van der Waals surface area contributed by atoms with Gasteiger partial charge in [0.25, 0.3) is 5.91 Å². The Morgan fingerprint density at radius 3 is 2.64 bits per heavy atom. The summed E-state index contributed by atoms with van der Waals surface area (Å²) in [6, 6.07) is 0. The Morgan fingerprint density at radius 2 is 2.00 bits per heavy atom. The molecule has 0 radical (unpaired) electrons. The van der Waals surface area contributed by atoms with Crippen molar-refractivity contribution in [2.45, 2.75) is 49.7 Å². The molecule has 1 N–H and O–H groups in total. The maximum atomic E-state index is 12.5. The van der Waals surface area contributed by atoms with Gasteiger partial charge in [-0.2, -0.15) is 0 Å². The largest absolute Gasteiger partial charge is 0.268 e. The molecule has 1 aromatic rings. The predicted octanol–water partition coefficient (Wildman–Crippen LogP) is 1.60. The quantitative estimate of drug-likeness (QED) is 0.910. The van der Waals surface area contributed by atoms with E-state index in [1.807, 2.05) is 0 Å². The van der Waals surface area contributed by atoms with Crippen molar-refractivity contribution in [3.05, 3.63) is 23.8 Å². The monoisotopic (exact) mass is 321 g/mol. The van der Waals surface area contributed by atoms with Gasteiger partial charge < -0.3 is 0 Å². The van der Waals surface area contributed by atoms with Gasteiger partial charge in [-0.15, -0.1) is 0 Å². The summed E-state index contributed by atoms with van der Waals surface area (Å²) in [5, 5.41) is -0.413. The highest BCUT2D eigenvalue weighted by Gasteiger charge is 2.46. The molecule has 0 aliphatic heterocycles. The summed E-state index contributed by atoms with van der Waals surface area (Å²) in [6.45, 7) is 0. The zero-order valence-corrected chi connectivity index (χ0v) is 13.1. The van der Waals surface area contributed by atoms with Crippen molar-refractivity contribution < 1.29 is 13.2 Å². The molecule has 1 heterocycles. The summed E-state index contributed by atoms with van der Waals surface area (Å²) >= 11 is 0. The number of carbonyl (C=O) groups is 1. The molecule has 2 bridgehead atoms. The first-order valence-electron chi connectivity index (χ1n) is 7.90. The van der Waals surface area contributed by atoms with Gasteiger partial charge in [-0.3, -0.25) is 4.79 Å². The Hall–Kier alpha value is -1.50. The van der Waals surface area contributed by atoms with Gasteiger partial charge in [0, 0.05) is 12.1 Å². The van der Waals surface area contributed by atoms with E-state index in [-0.39, 0.29) is 11.8 Å². The number of nitrogens with one attached hydrogen (secondary N) is 1. The van der Waals surface area contributed by atoms with Crippen molar-refractivity contribution in [3.8, 4) is 0 Å². The highest BCUT2D eigenvalue weighted by atomic mass is 32.2. The van der Waals surface area contributed by atoms with Gasteiger partial charge in [-0.05, 0) is 43.9 Å². The normalized spacial score (nSPS) is 30.5. The summed E-state index contributed by atoms with van der Waals surface area (Å²) in [7, 11) is -3.62. The second-order valence-electron chi connectivity index (χ2n) is 6.79. The van der Waals surface area contributed by atoms with Gasteiger partial charge in [0.15, 0.2) is 0 Å². The fourth-order valence-corrected chi connectivity index (χ4v) is 5.82. The zero-order valence-electron chi connectivity index (χ0n) is 12.2. The van der Waals surface area contributed by atoms with Crippen molar-refractivity contribution in [2.24, 2.45) is 11.8 Å². The van der Waals surface area contributed by atoms with Gasteiger partial charge in [-0.25, -0.2) is 23.1 Å². The Labute approximate surface area is 129 Å². The van der Waals surface area contributed by atoms with Crippen LogP contribution >= 0.6 is 0 Å². The Morgan fingerprint density at radius 1 is 1.18 bits per heavy atom. The molecule has 3 saturated carbocycles. The van der Waals surface area contributed by atoms with E-state index in [0.717, 1.165) is 32.1 Å². The molecular weight excluding hydrogens is 302 g/mol. The molecule has 0 spiro atoms. The topological polar surface area (TPSA) is 89.0 Å². The summed E-state index contributed by atoms with van der Waals surface area (Å²) < 4.78 is 27.3. The standard InChI is InChI=1S/C15H19N3O3S/c19-15(12-7-16-8-17-14(12)10-3-4-10)18-22(20,21)13-6-9-1-2-11(13)5-9/h7-11,13H,1-6H2,(H,18,19)/t9-,11+,13?/m1/s1. The van der Waals surface area contributed by atoms with E-state index in [1.54, 1.807) is 0 Å². The minimum Gasteiger partial charge on any atom is -0.268 e. The molecule has 3 aliphatic rings. The SMILES string of the molecule is O=C(NS(=O)(=O)C1C[C@@H]2CC[C@H]1C2)c1cncnc1C1CC1. The van der Waals surface area contributed by atoms with Gasteiger partial charge in [-0.1, -0.05) is 6.42 Å². The molecule has 1 aromatic heterocycles. The third kappa shape index (κ3) is 2.41. The number of hydrogen-bond acceptors (Lipinski definition) is 5. The van der Waals surface area contributed by atoms with Crippen LogP contribution in [0, 0.1) is 11.8 Å². The van der Waals surface area contributed by atoms with Crippen LogP contribution in [-0.4, -0.2) is 29.5 Å². The van der Waals surface area contributed by atoms with Gasteiger partial charge >= 0.3 is 0 Å². The van der Waals surface area contributed by atoms with E-state index in [4.69, 9.17) is 0 Å². The second kappa shape index (κ2) is 5.01. The second-order valence-corrected chi connectivity index (χ2v) is 8.69. The number of nitrogens with zero attached hydrogens (tertiary/aromatic N) is 2. The highest BCUT2D eigenvalue weighted by molar-refractivity contribution is 7.90. The van der Waals surface area contributed by atoms with Crippen LogP contribution in [-0.2, 0) is 10.0 Å². The van der Waals surface area contributed by atoms with E-state index in [0.29, 0.717) is 23.6 Å². The smallest absolute Gasteiger partial charge is 0.268 e. The van der Waals surface area contributed by atoms with Crippen LogP contribution in [0.15, 0.2) is 12.5 Å². The number of sulfonamides is 1. The van der Waals surface area contributed by atoms with Gasteiger partial charge in [0.1, 0.15) is 6.33 Å². The minimum absolute atomic E-state index is 0.213. The highest BCUT2D eigenvalue weighted by Crippen LogP contribution is 2.47. The van der Waals surface area contributed by atoms with E-state index in [2.05, 4.69) is 14.7 Å². The number of hydrogen-bond donors (Lipinski definition) is 1. The van der Waals surface area contributed by atoms with Crippen LogP contribution in [0.25, 0.3) is 0 Å². The number of aromatic nitrogens is 2. The van der Waals surface area contributed by atoms with Crippen LogP contribution in [0.2, 0.25) is 0 Å². The number of fused-ring (bicyclic) bond motifs is 2. The molecule has 3 aliphatic carbocycles. The number of amides is 1. The van der Waals surface area contributed by atoms with Crippen molar-refractivity contribution >= 4 is 15.9 Å². The lowest BCUT2D eigenvalue weighted by molar-refractivity contribution is 0.0979. The first-order valence-corrected chi connectivity index (χ1v) is 9.45.